The van der Waals surface area contributed by atoms with Gasteiger partial charge in [-0.2, -0.15) is 0 Å². The fraction of sp³-hybridized carbons (Fsp3) is 0.567. The van der Waals surface area contributed by atoms with Gasteiger partial charge in [-0.3, -0.25) is 19.3 Å². The second-order valence-electron chi connectivity index (χ2n) is 11.0. The topological polar surface area (TPSA) is 109 Å². The van der Waals surface area contributed by atoms with Crippen LogP contribution in [0.1, 0.15) is 18.0 Å². The molecule has 4 saturated heterocycles. The number of hydrogen-bond donors (Lipinski definition) is 1. The first kappa shape index (κ1) is 29.9. The molecule has 10 nitrogen and oxygen atoms in total. The molecule has 4 heterocycles. The number of benzene rings is 1. The molecule has 2 bridgehead atoms. The smallest absolute Gasteiger partial charge is 0.312 e. The van der Waals surface area contributed by atoms with Crippen LogP contribution >= 0.6 is 15.9 Å². The Kier molecular flexibility index (Phi) is 9.30. The summed E-state index contributed by atoms with van der Waals surface area (Å²) in [5.74, 6) is -3.04. The molecule has 1 aromatic rings. The van der Waals surface area contributed by atoms with Crippen molar-refractivity contribution in [3.05, 3.63) is 61.2 Å². The van der Waals surface area contributed by atoms with Crippen molar-refractivity contribution >= 4 is 33.7 Å². The highest BCUT2D eigenvalue weighted by Crippen LogP contribution is 2.61. The van der Waals surface area contributed by atoms with Crippen molar-refractivity contribution in [1.82, 2.24) is 14.7 Å². The Balaban J connectivity index is 1.54. The molecule has 41 heavy (non-hydrogen) atoms. The van der Waals surface area contributed by atoms with Crippen LogP contribution in [0.15, 0.2) is 55.6 Å². The molecular weight excluding hydrogens is 594 g/mol. The number of halogens is 1. The molecule has 1 aromatic carbocycles. The van der Waals surface area contributed by atoms with E-state index in [1.807, 2.05) is 30.3 Å². The number of amides is 2. The summed E-state index contributed by atoms with van der Waals surface area (Å²) in [6.45, 7) is 11.3. The third-order valence-corrected chi connectivity index (χ3v) is 9.57. The molecule has 4 aliphatic rings. The second-order valence-corrected chi connectivity index (χ2v) is 12.1. The number of nitrogens with zero attached hydrogens (tertiary/aromatic N) is 3. The van der Waals surface area contributed by atoms with E-state index in [0.29, 0.717) is 38.3 Å². The fourth-order valence-corrected chi connectivity index (χ4v) is 7.87. The van der Waals surface area contributed by atoms with E-state index in [1.54, 1.807) is 11.0 Å². The van der Waals surface area contributed by atoms with Crippen molar-refractivity contribution in [1.29, 1.82) is 0 Å². The van der Waals surface area contributed by atoms with Crippen LogP contribution in [-0.4, -0.2) is 119 Å². The highest BCUT2D eigenvalue weighted by molar-refractivity contribution is 9.09. The van der Waals surface area contributed by atoms with Gasteiger partial charge in [-0.25, -0.2) is 0 Å². The van der Waals surface area contributed by atoms with Crippen LogP contribution in [0.2, 0.25) is 0 Å². The Bertz CT molecular complexity index is 1150. The molecule has 0 aliphatic carbocycles. The van der Waals surface area contributed by atoms with Crippen molar-refractivity contribution in [3.63, 3.8) is 0 Å². The molecule has 0 radical (unpaired) electrons. The highest BCUT2D eigenvalue weighted by atomic mass is 79.9. The number of carbonyl (C=O) groups is 3. The van der Waals surface area contributed by atoms with E-state index in [4.69, 9.17) is 14.2 Å². The molecule has 7 atom stereocenters. The molecule has 11 heteroatoms. The van der Waals surface area contributed by atoms with Crippen molar-refractivity contribution < 1.29 is 33.7 Å². The van der Waals surface area contributed by atoms with Crippen molar-refractivity contribution in [3.8, 4) is 0 Å². The lowest BCUT2D eigenvalue weighted by atomic mass is 9.70. The molecule has 5 rings (SSSR count). The molecule has 2 amide bonds. The van der Waals surface area contributed by atoms with Crippen LogP contribution in [0.3, 0.4) is 0 Å². The molecule has 222 valence electrons. The number of morpholine rings is 1. The van der Waals surface area contributed by atoms with Gasteiger partial charge in [0.05, 0.1) is 43.8 Å². The lowest BCUT2D eigenvalue weighted by Crippen LogP contribution is -2.58. The zero-order chi connectivity index (χ0) is 29.1. The maximum absolute atomic E-state index is 14.6. The first-order valence-electron chi connectivity index (χ1n) is 14.1. The van der Waals surface area contributed by atoms with Gasteiger partial charge in [-0.15, -0.1) is 6.58 Å². The Morgan fingerprint density at radius 3 is 2.61 bits per heavy atom. The number of rotatable bonds is 12. The third kappa shape index (κ3) is 5.38. The van der Waals surface area contributed by atoms with Gasteiger partial charge in [0.2, 0.25) is 11.8 Å². The Morgan fingerprint density at radius 2 is 1.95 bits per heavy atom. The van der Waals surface area contributed by atoms with Gasteiger partial charge in [0.25, 0.3) is 0 Å². The predicted molar refractivity (Wildman–Crippen MR) is 154 cm³/mol. The van der Waals surface area contributed by atoms with Crippen LogP contribution in [-0.2, 0) is 28.6 Å². The number of alkyl halides is 1. The summed E-state index contributed by atoms with van der Waals surface area (Å²) in [4.78, 5) is 47.5. The quantitative estimate of drug-likeness (QED) is 0.210. The minimum Gasteiger partial charge on any atom is -0.461 e. The van der Waals surface area contributed by atoms with E-state index >= 15 is 0 Å². The Hall–Kier alpha value is -2.57. The molecule has 4 aliphatic heterocycles. The molecular formula is C30H38BrN3O7. The second kappa shape index (κ2) is 12.7. The number of aliphatic hydroxyl groups excluding tert-OH is 1. The summed E-state index contributed by atoms with van der Waals surface area (Å²) in [6.07, 6.45) is 2.89. The van der Waals surface area contributed by atoms with Gasteiger partial charge in [0.15, 0.2) is 0 Å². The number of likely N-dealkylation sites (tertiary alicyclic amines) is 1. The first-order chi connectivity index (χ1) is 19.9. The van der Waals surface area contributed by atoms with E-state index in [-0.39, 0.29) is 29.8 Å². The number of ether oxygens (including phenoxy) is 3. The van der Waals surface area contributed by atoms with Crippen molar-refractivity contribution in [2.45, 2.75) is 35.0 Å². The highest BCUT2D eigenvalue weighted by Gasteiger charge is 2.77. The monoisotopic (exact) mass is 631 g/mol. The predicted octanol–water partition coefficient (Wildman–Crippen LogP) is 1.54. The maximum Gasteiger partial charge on any atom is 0.312 e. The molecule has 1 spiro atoms. The molecule has 0 saturated carbocycles. The van der Waals surface area contributed by atoms with E-state index in [1.165, 1.54) is 11.0 Å². The van der Waals surface area contributed by atoms with Gasteiger partial charge in [-0.1, -0.05) is 65.0 Å². The van der Waals surface area contributed by atoms with Gasteiger partial charge in [0.1, 0.15) is 18.2 Å². The fourth-order valence-electron chi connectivity index (χ4n) is 6.93. The maximum atomic E-state index is 14.6. The van der Waals surface area contributed by atoms with Crippen LogP contribution in [0.5, 0.6) is 0 Å². The van der Waals surface area contributed by atoms with E-state index < -0.39 is 48.2 Å². The molecule has 4 fully saturated rings. The largest absolute Gasteiger partial charge is 0.461 e. The lowest BCUT2D eigenvalue weighted by molar-refractivity contribution is -0.155. The molecule has 1 N–H and O–H groups in total. The number of carbonyl (C=O) groups excluding carboxylic acids is 3. The minimum atomic E-state index is -1.26. The SMILES string of the molecule is C=CCOC(=O)[C@H]1[C@@H]2OC3(CC2Br)C(C(=O)N(CC=C)CCN2CCOCC2)N([C@H](CO)c2ccccc2)C(=O)[C@H]13. The average molecular weight is 633 g/mol. The normalized spacial score (nSPS) is 31.5. The first-order valence-corrected chi connectivity index (χ1v) is 15.1. The van der Waals surface area contributed by atoms with Crippen LogP contribution < -0.4 is 0 Å². The van der Waals surface area contributed by atoms with Crippen molar-refractivity contribution in [2.75, 3.05) is 59.2 Å². The average Bonchev–Trinajstić information content (AvgIpc) is 3.59. The lowest BCUT2D eigenvalue weighted by Gasteiger charge is -2.40. The zero-order valence-corrected chi connectivity index (χ0v) is 24.7. The van der Waals surface area contributed by atoms with Crippen molar-refractivity contribution in [2.24, 2.45) is 11.8 Å². The summed E-state index contributed by atoms with van der Waals surface area (Å²) in [5.41, 5.74) is -0.567. The number of hydrogen-bond acceptors (Lipinski definition) is 8. The van der Waals surface area contributed by atoms with Crippen LogP contribution in [0.4, 0.5) is 0 Å². The van der Waals surface area contributed by atoms with Gasteiger partial charge < -0.3 is 29.1 Å². The zero-order valence-electron chi connectivity index (χ0n) is 23.1. The molecule has 0 aromatic heterocycles. The third-order valence-electron chi connectivity index (χ3n) is 8.72. The van der Waals surface area contributed by atoms with E-state index in [2.05, 4.69) is 34.0 Å². The van der Waals surface area contributed by atoms with E-state index in [9.17, 15) is 19.5 Å². The van der Waals surface area contributed by atoms with Gasteiger partial charge in [0, 0.05) is 37.6 Å². The Morgan fingerprint density at radius 1 is 1.22 bits per heavy atom. The summed E-state index contributed by atoms with van der Waals surface area (Å²) in [6, 6.07) is 7.29. The number of fused-ring (bicyclic) bond motifs is 1. The summed E-state index contributed by atoms with van der Waals surface area (Å²) >= 11 is 3.68. The van der Waals surface area contributed by atoms with E-state index in [0.717, 1.165) is 13.1 Å². The number of esters is 1. The van der Waals surface area contributed by atoms with Gasteiger partial charge in [-0.05, 0) is 12.0 Å². The van der Waals surface area contributed by atoms with Crippen LogP contribution in [0, 0.1) is 11.8 Å². The minimum absolute atomic E-state index is 0.00687. The van der Waals surface area contributed by atoms with Gasteiger partial charge >= 0.3 is 5.97 Å². The number of aliphatic hydroxyl groups is 1. The Labute approximate surface area is 249 Å². The summed E-state index contributed by atoms with van der Waals surface area (Å²) in [7, 11) is 0. The summed E-state index contributed by atoms with van der Waals surface area (Å²) < 4.78 is 17.5. The standard InChI is InChI=1S/C30H38BrN3O7/c1-3-10-33(12-11-32-13-16-39-17-14-32)28(37)26-30-18-21(31)25(41-30)23(29(38)40-15-4-2)24(30)27(36)34(26)22(19-35)20-8-6-5-7-9-20/h3-9,21-26,35H,1-2,10-19H2/t21?,22-,23-,24+,25-,26?,30?/m1/s1. The van der Waals surface area contributed by atoms with Crippen LogP contribution in [0.25, 0.3) is 0 Å². The molecule has 3 unspecified atom stereocenters. The summed E-state index contributed by atoms with van der Waals surface area (Å²) in [5, 5.41) is 10.6.